The Kier molecular flexibility index (Phi) is 5.42. The van der Waals surface area contributed by atoms with Crippen molar-refractivity contribution in [1.29, 1.82) is 0 Å². The van der Waals surface area contributed by atoms with E-state index < -0.39 is 0 Å². The van der Waals surface area contributed by atoms with Crippen LogP contribution in [0.3, 0.4) is 0 Å². The molecule has 0 aliphatic carbocycles. The first-order valence-electron chi connectivity index (χ1n) is 7.06. The zero-order chi connectivity index (χ0) is 15.1. The maximum atomic E-state index is 11.6. The number of guanidine groups is 1. The zero-order valence-corrected chi connectivity index (χ0v) is 12.1. The SMILES string of the molecule is CCOC(=O)N1CCC(NC(N)=NCc2ccon2)CC1. The van der Waals surface area contributed by atoms with E-state index in [0.717, 1.165) is 18.5 Å². The van der Waals surface area contributed by atoms with Gasteiger partial charge in [-0.15, -0.1) is 0 Å². The van der Waals surface area contributed by atoms with Gasteiger partial charge in [0, 0.05) is 25.2 Å². The minimum absolute atomic E-state index is 0.219. The summed E-state index contributed by atoms with van der Waals surface area (Å²) in [6.07, 6.45) is 2.89. The average molecular weight is 295 g/mol. The van der Waals surface area contributed by atoms with Gasteiger partial charge >= 0.3 is 6.09 Å². The van der Waals surface area contributed by atoms with Crippen molar-refractivity contribution in [2.75, 3.05) is 19.7 Å². The van der Waals surface area contributed by atoms with E-state index in [0.29, 0.717) is 32.2 Å². The first-order chi connectivity index (χ1) is 10.2. The van der Waals surface area contributed by atoms with Crippen LogP contribution in [0.15, 0.2) is 21.8 Å². The molecule has 1 aliphatic rings. The first-order valence-corrected chi connectivity index (χ1v) is 7.06. The summed E-state index contributed by atoms with van der Waals surface area (Å²) in [6.45, 7) is 3.91. The van der Waals surface area contributed by atoms with Gasteiger partial charge in [-0.25, -0.2) is 9.79 Å². The molecule has 1 aliphatic heterocycles. The number of carbonyl (C=O) groups is 1. The highest BCUT2D eigenvalue weighted by molar-refractivity contribution is 5.78. The Balaban J connectivity index is 1.72. The Morgan fingerprint density at radius 2 is 2.38 bits per heavy atom. The number of hydrogen-bond donors (Lipinski definition) is 2. The van der Waals surface area contributed by atoms with E-state index in [2.05, 4.69) is 15.5 Å². The quantitative estimate of drug-likeness (QED) is 0.625. The number of aromatic nitrogens is 1. The summed E-state index contributed by atoms with van der Waals surface area (Å²) < 4.78 is 9.70. The van der Waals surface area contributed by atoms with E-state index >= 15 is 0 Å². The summed E-state index contributed by atoms with van der Waals surface area (Å²) in [6, 6.07) is 1.96. The third kappa shape index (κ3) is 4.66. The molecular formula is C13H21N5O3. The lowest BCUT2D eigenvalue weighted by Gasteiger charge is -2.31. The molecule has 0 aromatic carbocycles. The lowest BCUT2D eigenvalue weighted by atomic mass is 10.1. The third-order valence-corrected chi connectivity index (χ3v) is 3.28. The van der Waals surface area contributed by atoms with Crippen molar-refractivity contribution in [2.45, 2.75) is 32.4 Å². The third-order valence-electron chi connectivity index (χ3n) is 3.28. The Hall–Kier alpha value is -2.25. The molecule has 116 valence electrons. The van der Waals surface area contributed by atoms with Gasteiger partial charge in [0.15, 0.2) is 5.96 Å². The predicted octanol–water partition coefficient (Wildman–Crippen LogP) is 0.700. The van der Waals surface area contributed by atoms with Gasteiger partial charge in [0.25, 0.3) is 0 Å². The van der Waals surface area contributed by atoms with E-state index in [1.807, 2.05) is 0 Å². The van der Waals surface area contributed by atoms with Crippen molar-refractivity contribution in [3.63, 3.8) is 0 Å². The largest absolute Gasteiger partial charge is 0.450 e. The first kappa shape index (κ1) is 15.1. The van der Waals surface area contributed by atoms with Crippen LogP contribution in [-0.4, -0.2) is 47.8 Å². The number of hydrogen-bond acceptors (Lipinski definition) is 5. The fourth-order valence-electron chi connectivity index (χ4n) is 2.16. The van der Waals surface area contributed by atoms with Crippen molar-refractivity contribution < 1.29 is 14.1 Å². The van der Waals surface area contributed by atoms with Crippen LogP contribution in [0.25, 0.3) is 0 Å². The van der Waals surface area contributed by atoms with Crippen molar-refractivity contribution in [1.82, 2.24) is 15.4 Å². The number of piperidine rings is 1. The summed E-state index contributed by atoms with van der Waals surface area (Å²) >= 11 is 0. The van der Waals surface area contributed by atoms with Crippen LogP contribution in [0, 0.1) is 0 Å². The van der Waals surface area contributed by atoms with Crippen molar-refractivity contribution in [2.24, 2.45) is 10.7 Å². The van der Waals surface area contributed by atoms with Gasteiger partial charge in [-0.1, -0.05) is 5.16 Å². The second-order valence-electron chi connectivity index (χ2n) is 4.80. The molecule has 1 amide bonds. The van der Waals surface area contributed by atoms with Crippen LogP contribution in [0.5, 0.6) is 0 Å². The zero-order valence-electron chi connectivity index (χ0n) is 12.1. The van der Waals surface area contributed by atoms with Gasteiger partial charge in [0.2, 0.25) is 0 Å². The van der Waals surface area contributed by atoms with Crippen LogP contribution in [0.4, 0.5) is 4.79 Å². The smallest absolute Gasteiger partial charge is 0.409 e. The number of amides is 1. The van der Waals surface area contributed by atoms with Gasteiger partial charge in [-0.2, -0.15) is 0 Å². The normalized spacial score (nSPS) is 16.8. The van der Waals surface area contributed by atoms with E-state index in [1.54, 1.807) is 17.9 Å². The molecular weight excluding hydrogens is 274 g/mol. The molecule has 3 N–H and O–H groups in total. The number of aliphatic imine (C=N–C) groups is 1. The molecule has 0 radical (unpaired) electrons. The summed E-state index contributed by atoms with van der Waals surface area (Å²) in [4.78, 5) is 17.5. The van der Waals surface area contributed by atoms with E-state index in [1.165, 1.54) is 6.26 Å². The fourth-order valence-corrected chi connectivity index (χ4v) is 2.16. The second kappa shape index (κ2) is 7.51. The summed E-state index contributed by atoms with van der Waals surface area (Å²) in [7, 11) is 0. The number of nitrogens with two attached hydrogens (primary N) is 1. The molecule has 0 atom stereocenters. The monoisotopic (exact) mass is 295 g/mol. The van der Waals surface area contributed by atoms with E-state index in [-0.39, 0.29) is 12.1 Å². The molecule has 0 spiro atoms. The molecule has 8 heteroatoms. The molecule has 1 aromatic rings. The molecule has 2 rings (SSSR count). The number of rotatable bonds is 4. The highest BCUT2D eigenvalue weighted by Gasteiger charge is 2.23. The molecule has 1 aromatic heterocycles. The molecule has 1 fully saturated rings. The number of carbonyl (C=O) groups excluding carboxylic acids is 1. The molecule has 21 heavy (non-hydrogen) atoms. The van der Waals surface area contributed by atoms with Crippen molar-refractivity contribution in [3.8, 4) is 0 Å². The molecule has 0 saturated carbocycles. The van der Waals surface area contributed by atoms with Gasteiger partial charge in [-0.3, -0.25) is 0 Å². The molecule has 0 unspecified atom stereocenters. The number of likely N-dealkylation sites (tertiary alicyclic amines) is 1. The number of ether oxygens (including phenoxy) is 1. The lowest BCUT2D eigenvalue weighted by molar-refractivity contribution is 0.0963. The summed E-state index contributed by atoms with van der Waals surface area (Å²) in [5.41, 5.74) is 6.57. The van der Waals surface area contributed by atoms with E-state index in [4.69, 9.17) is 15.0 Å². The maximum Gasteiger partial charge on any atom is 0.409 e. The van der Waals surface area contributed by atoms with Gasteiger partial charge in [0.05, 0.1) is 13.2 Å². The van der Waals surface area contributed by atoms with Gasteiger partial charge in [-0.05, 0) is 19.8 Å². The van der Waals surface area contributed by atoms with Crippen LogP contribution < -0.4 is 11.1 Å². The van der Waals surface area contributed by atoms with Crippen LogP contribution in [0.2, 0.25) is 0 Å². The van der Waals surface area contributed by atoms with Crippen LogP contribution in [0.1, 0.15) is 25.5 Å². The molecule has 1 saturated heterocycles. The molecule has 2 heterocycles. The molecule has 0 bridgehead atoms. The predicted molar refractivity (Wildman–Crippen MR) is 76.6 cm³/mol. The highest BCUT2D eigenvalue weighted by atomic mass is 16.6. The minimum atomic E-state index is -0.247. The summed E-state index contributed by atoms with van der Waals surface area (Å²) in [5.74, 6) is 0.382. The highest BCUT2D eigenvalue weighted by Crippen LogP contribution is 2.11. The lowest BCUT2D eigenvalue weighted by Crippen LogP contribution is -2.48. The van der Waals surface area contributed by atoms with Crippen LogP contribution in [-0.2, 0) is 11.3 Å². The fraction of sp³-hybridized carbons (Fsp3) is 0.615. The Labute approximate surface area is 123 Å². The Morgan fingerprint density at radius 1 is 1.62 bits per heavy atom. The molecule has 8 nitrogen and oxygen atoms in total. The van der Waals surface area contributed by atoms with Crippen molar-refractivity contribution in [3.05, 3.63) is 18.0 Å². The van der Waals surface area contributed by atoms with E-state index in [9.17, 15) is 4.79 Å². The Bertz CT molecular complexity index is 466. The number of nitrogens with one attached hydrogen (secondary N) is 1. The topological polar surface area (TPSA) is 106 Å². The maximum absolute atomic E-state index is 11.6. The van der Waals surface area contributed by atoms with Crippen molar-refractivity contribution >= 4 is 12.1 Å². The van der Waals surface area contributed by atoms with Gasteiger partial charge < -0.3 is 25.2 Å². The van der Waals surface area contributed by atoms with Gasteiger partial charge in [0.1, 0.15) is 12.0 Å². The second-order valence-corrected chi connectivity index (χ2v) is 4.80. The average Bonchev–Trinajstić information content (AvgIpc) is 2.99. The standard InChI is InChI=1S/C13H21N5O3/c1-2-20-13(19)18-6-3-10(4-7-18)16-12(14)15-9-11-5-8-21-17-11/h5,8,10H,2-4,6-7,9H2,1H3,(H3,14,15,16). The Morgan fingerprint density at radius 3 is 3.00 bits per heavy atom. The minimum Gasteiger partial charge on any atom is -0.450 e. The summed E-state index contributed by atoms with van der Waals surface area (Å²) in [5, 5.41) is 6.92. The van der Waals surface area contributed by atoms with Crippen LogP contribution >= 0.6 is 0 Å². The number of nitrogens with zero attached hydrogens (tertiary/aromatic N) is 3.